The van der Waals surface area contributed by atoms with Crippen molar-refractivity contribution in [1.29, 1.82) is 0 Å². The number of carbonyl (C=O) groups excluding carboxylic acids is 1. The van der Waals surface area contributed by atoms with Crippen LogP contribution >= 0.6 is 0 Å². The Kier molecular flexibility index (Phi) is 5.22. The second-order valence-electron chi connectivity index (χ2n) is 7.59. The normalized spacial score (nSPS) is 11.2. The summed E-state index contributed by atoms with van der Waals surface area (Å²) in [7, 11) is 1.54. The van der Waals surface area contributed by atoms with E-state index in [9.17, 15) is 9.59 Å². The summed E-state index contributed by atoms with van der Waals surface area (Å²) in [5, 5.41) is 5.53. The number of benzene rings is 3. The van der Waals surface area contributed by atoms with Gasteiger partial charge in [-0.2, -0.15) is 0 Å². The number of nitrogens with one attached hydrogen (secondary N) is 1. The van der Waals surface area contributed by atoms with Crippen molar-refractivity contribution in [2.75, 3.05) is 19.0 Å². The molecule has 166 valence electrons. The molecular weight excluding hydrogens is 422 g/mol. The monoisotopic (exact) mass is 443 g/mol. The van der Waals surface area contributed by atoms with Gasteiger partial charge in [0.15, 0.2) is 6.61 Å². The SMILES string of the molecule is CCc1cc(=O)oc2cc(OCC(=O)Nc3cc4oc5ccccc5c4cc3OC)ccc12. The molecule has 1 amide bonds. The first-order chi connectivity index (χ1) is 16.1. The minimum atomic E-state index is -0.415. The summed E-state index contributed by atoms with van der Waals surface area (Å²) in [6, 6.07) is 18.0. The molecule has 0 aliphatic carbocycles. The number of hydrogen-bond donors (Lipinski definition) is 1. The van der Waals surface area contributed by atoms with Crippen LogP contribution in [0.2, 0.25) is 0 Å². The van der Waals surface area contributed by atoms with Crippen molar-refractivity contribution in [3.8, 4) is 11.5 Å². The Balaban J connectivity index is 1.35. The summed E-state index contributed by atoms with van der Waals surface area (Å²) in [5.74, 6) is 0.573. The standard InChI is InChI=1S/C26H21NO6/c1-3-15-10-26(29)33-22-11-16(8-9-17(15)22)31-14-25(28)27-20-13-23-19(12-24(20)30-2)18-6-4-5-7-21(18)32-23/h4-13H,3,14H2,1-2H3,(H,27,28). The van der Waals surface area contributed by atoms with Crippen molar-refractivity contribution < 1.29 is 23.1 Å². The topological polar surface area (TPSA) is 90.9 Å². The molecule has 0 fully saturated rings. The molecule has 0 spiro atoms. The molecule has 5 rings (SSSR count). The highest BCUT2D eigenvalue weighted by Gasteiger charge is 2.15. The highest BCUT2D eigenvalue weighted by Crippen LogP contribution is 2.36. The summed E-state index contributed by atoms with van der Waals surface area (Å²) in [6.07, 6.45) is 0.710. The molecule has 0 unspecified atom stereocenters. The number of hydrogen-bond acceptors (Lipinski definition) is 6. The third-order valence-corrected chi connectivity index (χ3v) is 5.53. The fraction of sp³-hybridized carbons (Fsp3) is 0.154. The molecule has 1 N–H and O–H groups in total. The second kappa shape index (κ2) is 8.35. The van der Waals surface area contributed by atoms with Gasteiger partial charge < -0.3 is 23.6 Å². The summed E-state index contributed by atoms with van der Waals surface area (Å²) in [5.41, 5.74) is 2.80. The zero-order chi connectivity index (χ0) is 22.9. The average Bonchev–Trinajstić information content (AvgIpc) is 3.18. The number of fused-ring (bicyclic) bond motifs is 4. The maximum absolute atomic E-state index is 12.6. The lowest BCUT2D eigenvalue weighted by Gasteiger charge is -2.11. The predicted molar refractivity (Wildman–Crippen MR) is 126 cm³/mol. The Bertz CT molecular complexity index is 1560. The first-order valence-electron chi connectivity index (χ1n) is 10.5. The molecule has 0 aliphatic heterocycles. The van der Waals surface area contributed by atoms with E-state index in [0.29, 0.717) is 34.8 Å². The van der Waals surface area contributed by atoms with Gasteiger partial charge in [-0.25, -0.2) is 4.79 Å². The molecule has 33 heavy (non-hydrogen) atoms. The van der Waals surface area contributed by atoms with Crippen LogP contribution < -0.4 is 20.4 Å². The van der Waals surface area contributed by atoms with Crippen LogP contribution in [0.3, 0.4) is 0 Å². The van der Waals surface area contributed by atoms with Gasteiger partial charge in [-0.05, 0) is 36.2 Å². The summed E-state index contributed by atoms with van der Waals surface area (Å²) < 4.78 is 22.3. The van der Waals surface area contributed by atoms with Crippen LogP contribution in [0.15, 0.2) is 74.3 Å². The van der Waals surface area contributed by atoms with E-state index in [4.69, 9.17) is 18.3 Å². The highest BCUT2D eigenvalue weighted by atomic mass is 16.5. The smallest absolute Gasteiger partial charge is 0.336 e. The molecule has 2 heterocycles. The number of rotatable bonds is 6. The second-order valence-corrected chi connectivity index (χ2v) is 7.59. The number of amides is 1. The van der Waals surface area contributed by atoms with E-state index < -0.39 is 5.63 Å². The summed E-state index contributed by atoms with van der Waals surface area (Å²) in [6.45, 7) is 1.74. The molecule has 0 atom stereocenters. The van der Waals surface area contributed by atoms with E-state index in [2.05, 4.69) is 5.32 Å². The fourth-order valence-corrected chi connectivity index (χ4v) is 3.95. The molecule has 3 aromatic carbocycles. The minimum Gasteiger partial charge on any atom is -0.495 e. The van der Waals surface area contributed by atoms with Crippen molar-refractivity contribution in [3.05, 3.63) is 76.6 Å². The maximum Gasteiger partial charge on any atom is 0.336 e. The number of carbonyl (C=O) groups is 1. The maximum atomic E-state index is 12.6. The number of ether oxygens (including phenoxy) is 2. The van der Waals surface area contributed by atoms with Crippen molar-refractivity contribution in [1.82, 2.24) is 0 Å². The Morgan fingerprint density at radius 1 is 0.909 bits per heavy atom. The lowest BCUT2D eigenvalue weighted by Crippen LogP contribution is -2.20. The van der Waals surface area contributed by atoms with Gasteiger partial charge in [0.1, 0.15) is 28.2 Å². The molecule has 7 heteroatoms. The van der Waals surface area contributed by atoms with Gasteiger partial charge in [0.25, 0.3) is 5.91 Å². The zero-order valence-corrected chi connectivity index (χ0v) is 18.1. The molecule has 0 aliphatic rings. The van der Waals surface area contributed by atoms with Crippen molar-refractivity contribution in [3.63, 3.8) is 0 Å². The van der Waals surface area contributed by atoms with Crippen LogP contribution in [0, 0.1) is 0 Å². The Hall–Kier alpha value is -4.26. The van der Waals surface area contributed by atoms with E-state index in [1.165, 1.54) is 6.07 Å². The van der Waals surface area contributed by atoms with E-state index >= 15 is 0 Å². The molecule has 0 bridgehead atoms. The van der Waals surface area contributed by atoms with Crippen LogP contribution in [-0.2, 0) is 11.2 Å². The van der Waals surface area contributed by atoms with Gasteiger partial charge in [0, 0.05) is 34.4 Å². The number of aryl methyl sites for hydroxylation is 1. The van der Waals surface area contributed by atoms with Gasteiger partial charge in [-0.1, -0.05) is 25.1 Å². The van der Waals surface area contributed by atoms with Crippen LogP contribution in [-0.4, -0.2) is 19.6 Å². The van der Waals surface area contributed by atoms with Crippen molar-refractivity contribution in [2.24, 2.45) is 0 Å². The lowest BCUT2D eigenvalue weighted by molar-refractivity contribution is -0.118. The highest BCUT2D eigenvalue weighted by molar-refractivity contribution is 6.07. The largest absolute Gasteiger partial charge is 0.495 e. The van der Waals surface area contributed by atoms with Gasteiger partial charge in [-0.15, -0.1) is 0 Å². The fourth-order valence-electron chi connectivity index (χ4n) is 3.95. The van der Waals surface area contributed by atoms with Crippen molar-refractivity contribution in [2.45, 2.75) is 13.3 Å². The molecular formula is C26H21NO6. The average molecular weight is 443 g/mol. The Morgan fingerprint density at radius 3 is 2.55 bits per heavy atom. The van der Waals surface area contributed by atoms with Gasteiger partial charge in [0.05, 0.1) is 12.8 Å². The lowest BCUT2D eigenvalue weighted by atomic mass is 10.1. The molecule has 5 aromatic rings. The molecule has 0 saturated carbocycles. The minimum absolute atomic E-state index is 0.232. The van der Waals surface area contributed by atoms with Gasteiger partial charge >= 0.3 is 5.63 Å². The van der Waals surface area contributed by atoms with Crippen molar-refractivity contribution >= 4 is 44.5 Å². The number of para-hydroxylation sites is 1. The molecule has 7 nitrogen and oxygen atoms in total. The van der Waals surface area contributed by atoms with Crippen LogP contribution in [0.1, 0.15) is 12.5 Å². The summed E-state index contributed by atoms with van der Waals surface area (Å²) >= 11 is 0. The van der Waals surface area contributed by atoms with E-state index in [-0.39, 0.29) is 12.5 Å². The first-order valence-corrected chi connectivity index (χ1v) is 10.5. The van der Waals surface area contributed by atoms with Crippen LogP contribution in [0.25, 0.3) is 32.9 Å². The quantitative estimate of drug-likeness (QED) is 0.359. The zero-order valence-electron chi connectivity index (χ0n) is 18.1. The predicted octanol–water partition coefficient (Wildman–Crippen LogP) is 5.28. The van der Waals surface area contributed by atoms with Gasteiger partial charge in [-0.3, -0.25) is 4.79 Å². The Morgan fingerprint density at radius 2 is 1.73 bits per heavy atom. The molecule has 0 radical (unpaired) electrons. The van der Waals surface area contributed by atoms with Crippen LogP contribution in [0.5, 0.6) is 11.5 Å². The number of anilines is 1. The van der Waals surface area contributed by atoms with E-state index in [1.54, 1.807) is 25.3 Å². The molecule has 0 saturated heterocycles. The number of methoxy groups -OCH3 is 1. The van der Waals surface area contributed by atoms with Gasteiger partial charge in [0.2, 0.25) is 0 Å². The van der Waals surface area contributed by atoms with E-state index in [1.807, 2.05) is 43.3 Å². The summed E-state index contributed by atoms with van der Waals surface area (Å²) in [4.78, 5) is 24.3. The van der Waals surface area contributed by atoms with Crippen LogP contribution in [0.4, 0.5) is 5.69 Å². The van der Waals surface area contributed by atoms with E-state index in [0.717, 1.165) is 27.3 Å². The third-order valence-electron chi connectivity index (χ3n) is 5.53. The molecule has 2 aromatic heterocycles. The number of furan rings is 1. The Labute approximate surface area is 188 Å². The third kappa shape index (κ3) is 3.89. The first kappa shape index (κ1) is 20.6.